The van der Waals surface area contributed by atoms with E-state index in [0.29, 0.717) is 22.3 Å². The molecule has 2 aromatic carbocycles. The topological polar surface area (TPSA) is 84.8 Å². The lowest BCUT2D eigenvalue weighted by molar-refractivity contribution is -0.117. The highest BCUT2D eigenvalue weighted by Gasteiger charge is 2.23. The minimum Gasteiger partial charge on any atom is -0.325 e. The summed E-state index contributed by atoms with van der Waals surface area (Å²) in [7, 11) is 0. The predicted molar refractivity (Wildman–Crippen MR) is 106 cm³/mol. The number of aromatic amines is 1. The standard InChI is InChI=1S/C22H14FN3O3/c23-17-5-1-3-12-11-24-26(22(29)21(12)17)19-6-2-4-14-15-7-8-20(28)25-18(15)10-13(27)9-16(14)19/h1-8,11H,9-10H2,(H,25,28). The lowest BCUT2D eigenvalue weighted by Gasteiger charge is -2.14. The van der Waals surface area contributed by atoms with E-state index in [4.69, 9.17) is 0 Å². The second-order valence-corrected chi connectivity index (χ2v) is 6.98. The zero-order chi connectivity index (χ0) is 20.1. The molecule has 29 heavy (non-hydrogen) atoms. The Morgan fingerprint density at radius 1 is 0.931 bits per heavy atom. The van der Waals surface area contributed by atoms with Gasteiger partial charge < -0.3 is 4.98 Å². The summed E-state index contributed by atoms with van der Waals surface area (Å²) in [5, 5.41) is 4.58. The highest BCUT2D eigenvalue weighted by Crippen LogP contribution is 2.33. The fourth-order valence-electron chi connectivity index (χ4n) is 3.90. The highest BCUT2D eigenvalue weighted by molar-refractivity contribution is 5.91. The number of pyridine rings is 1. The van der Waals surface area contributed by atoms with E-state index in [0.717, 1.165) is 15.8 Å². The van der Waals surface area contributed by atoms with Crippen LogP contribution in [0.1, 0.15) is 11.3 Å². The van der Waals surface area contributed by atoms with Gasteiger partial charge in [-0.1, -0.05) is 24.3 Å². The van der Waals surface area contributed by atoms with Crippen molar-refractivity contribution < 1.29 is 9.18 Å². The summed E-state index contributed by atoms with van der Waals surface area (Å²) in [5.74, 6) is -0.719. The molecule has 0 saturated carbocycles. The third kappa shape index (κ3) is 2.70. The number of fused-ring (bicyclic) bond motifs is 4. The number of halogens is 1. The van der Waals surface area contributed by atoms with Crippen molar-refractivity contribution in [3.8, 4) is 16.8 Å². The van der Waals surface area contributed by atoms with E-state index in [1.54, 1.807) is 24.3 Å². The van der Waals surface area contributed by atoms with Crippen LogP contribution in [0, 0.1) is 5.82 Å². The average Bonchev–Trinajstić information content (AvgIpc) is 2.83. The molecule has 4 aromatic rings. The number of carbonyl (C=O) groups is 1. The Morgan fingerprint density at radius 3 is 2.62 bits per heavy atom. The van der Waals surface area contributed by atoms with E-state index in [1.807, 2.05) is 6.07 Å². The average molecular weight is 387 g/mol. The van der Waals surface area contributed by atoms with Crippen LogP contribution >= 0.6 is 0 Å². The first kappa shape index (κ1) is 17.2. The van der Waals surface area contributed by atoms with Gasteiger partial charge in [-0.3, -0.25) is 14.4 Å². The predicted octanol–water partition coefficient (Wildman–Crippen LogP) is 2.55. The van der Waals surface area contributed by atoms with Gasteiger partial charge in [0.25, 0.3) is 5.56 Å². The van der Waals surface area contributed by atoms with Gasteiger partial charge >= 0.3 is 0 Å². The van der Waals surface area contributed by atoms with Gasteiger partial charge in [0.2, 0.25) is 5.56 Å². The molecule has 0 atom stereocenters. The van der Waals surface area contributed by atoms with E-state index in [-0.39, 0.29) is 29.6 Å². The molecule has 2 heterocycles. The molecule has 0 bridgehead atoms. The van der Waals surface area contributed by atoms with E-state index in [9.17, 15) is 18.8 Å². The molecule has 142 valence electrons. The zero-order valence-corrected chi connectivity index (χ0v) is 15.1. The van der Waals surface area contributed by atoms with Gasteiger partial charge in [0.05, 0.1) is 17.3 Å². The molecule has 2 aromatic heterocycles. The van der Waals surface area contributed by atoms with Crippen LogP contribution in [0.5, 0.6) is 0 Å². The molecule has 6 nitrogen and oxygen atoms in total. The largest absolute Gasteiger partial charge is 0.325 e. The van der Waals surface area contributed by atoms with Gasteiger partial charge in [-0.25, -0.2) is 4.39 Å². The number of rotatable bonds is 1. The quantitative estimate of drug-likeness (QED) is 0.544. The Bertz CT molecular complexity index is 1440. The maximum Gasteiger partial charge on any atom is 0.282 e. The molecule has 0 radical (unpaired) electrons. The Morgan fingerprint density at radius 2 is 1.76 bits per heavy atom. The van der Waals surface area contributed by atoms with Crippen molar-refractivity contribution in [1.82, 2.24) is 14.8 Å². The number of benzene rings is 2. The molecular weight excluding hydrogens is 373 g/mol. The van der Waals surface area contributed by atoms with Crippen LogP contribution in [0.3, 0.4) is 0 Å². The van der Waals surface area contributed by atoms with Gasteiger partial charge in [0.1, 0.15) is 11.6 Å². The summed E-state index contributed by atoms with van der Waals surface area (Å²) in [6.45, 7) is 0. The molecule has 5 rings (SSSR count). The Labute approximate surface area is 163 Å². The van der Waals surface area contributed by atoms with Gasteiger partial charge in [-0.15, -0.1) is 0 Å². The van der Waals surface area contributed by atoms with Crippen LogP contribution < -0.4 is 11.1 Å². The number of nitrogens with one attached hydrogen (secondary N) is 1. The summed E-state index contributed by atoms with van der Waals surface area (Å²) in [6, 6.07) is 12.7. The lowest BCUT2D eigenvalue weighted by Crippen LogP contribution is -2.23. The Balaban J connectivity index is 1.82. The summed E-state index contributed by atoms with van der Waals surface area (Å²) < 4.78 is 15.4. The third-order valence-corrected chi connectivity index (χ3v) is 5.18. The fourth-order valence-corrected chi connectivity index (χ4v) is 3.90. The SMILES string of the molecule is O=C1Cc2[nH]c(=O)ccc2-c2cccc(-n3ncc4cccc(F)c4c3=O)c2C1. The number of H-pyrrole nitrogens is 1. The molecule has 1 N–H and O–H groups in total. The van der Waals surface area contributed by atoms with Crippen LogP contribution in [0.15, 0.2) is 64.3 Å². The van der Waals surface area contributed by atoms with Gasteiger partial charge in [0, 0.05) is 35.6 Å². The second kappa shape index (κ2) is 6.34. The van der Waals surface area contributed by atoms with Crippen molar-refractivity contribution in [2.45, 2.75) is 12.8 Å². The minimum atomic E-state index is -0.621. The molecule has 0 spiro atoms. The smallest absolute Gasteiger partial charge is 0.282 e. The lowest BCUT2D eigenvalue weighted by atomic mass is 9.97. The van der Waals surface area contributed by atoms with E-state index >= 15 is 0 Å². The molecule has 7 heteroatoms. The van der Waals surface area contributed by atoms with Gasteiger partial charge in [-0.2, -0.15) is 9.78 Å². The summed E-state index contributed by atoms with van der Waals surface area (Å²) in [6.07, 6.45) is 1.60. The van der Waals surface area contributed by atoms with Crippen molar-refractivity contribution >= 4 is 16.6 Å². The number of hydrogen-bond acceptors (Lipinski definition) is 4. The third-order valence-electron chi connectivity index (χ3n) is 5.18. The van der Waals surface area contributed by atoms with Gasteiger partial charge in [0.15, 0.2) is 0 Å². The second-order valence-electron chi connectivity index (χ2n) is 6.98. The number of Topliss-reactive ketones (excluding diaryl/α,β-unsaturated/α-hetero) is 1. The van der Waals surface area contributed by atoms with Crippen molar-refractivity contribution in [1.29, 1.82) is 0 Å². The summed E-state index contributed by atoms with van der Waals surface area (Å²) in [5.41, 5.74) is 2.18. The zero-order valence-electron chi connectivity index (χ0n) is 15.1. The monoisotopic (exact) mass is 387 g/mol. The summed E-state index contributed by atoms with van der Waals surface area (Å²) >= 11 is 0. The Hall–Kier alpha value is -3.87. The fraction of sp³-hybridized carbons (Fsp3) is 0.0909. The number of carbonyl (C=O) groups excluding carboxylic acids is 1. The van der Waals surface area contributed by atoms with E-state index < -0.39 is 11.4 Å². The number of nitrogens with zero attached hydrogens (tertiary/aromatic N) is 2. The Kier molecular flexibility index (Phi) is 3.77. The van der Waals surface area contributed by atoms with E-state index in [2.05, 4.69) is 10.1 Å². The van der Waals surface area contributed by atoms with Crippen molar-refractivity contribution in [2.24, 2.45) is 0 Å². The van der Waals surface area contributed by atoms with Gasteiger partial charge in [-0.05, 0) is 29.3 Å². The maximum atomic E-state index is 14.3. The minimum absolute atomic E-state index is 0.0511. The van der Waals surface area contributed by atoms with Crippen LogP contribution in [-0.2, 0) is 17.6 Å². The molecular formula is C22H14FN3O3. The van der Waals surface area contributed by atoms with Crippen molar-refractivity contribution in [2.75, 3.05) is 0 Å². The van der Waals surface area contributed by atoms with Crippen LogP contribution in [0.25, 0.3) is 27.6 Å². The normalized spacial score (nSPS) is 13.1. The van der Waals surface area contributed by atoms with Crippen LogP contribution in [0.4, 0.5) is 4.39 Å². The van der Waals surface area contributed by atoms with Crippen molar-refractivity contribution in [3.63, 3.8) is 0 Å². The number of ketones is 1. The summed E-state index contributed by atoms with van der Waals surface area (Å²) in [4.78, 5) is 40.0. The molecule has 0 saturated heterocycles. The number of hydrogen-bond donors (Lipinski definition) is 1. The first-order valence-corrected chi connectivity index (χ1v) is 9.06. The molecule has 1 aliphatic carbocycles. The molecule has 0 fully saturated rings. The molecule has 1 aliphatic rings. The van der Waals surface area contributed by atoms with Crippen LogP contribution in [0.2, 0.25) is 0 Å². The molecule has 0 amide bonds. The maximum absolute atomic E-state index is 14.3. The first-order valence-electron chi connectivity index (χ1n) is 9.06. The van der Waals surface area contributed by atoms with Crippen LogP contribution in [-0.4, -0.2) is 20.5 Å². The first-order chi connectivity index (χ1) is 14.0. The highest BCUT2D eigenvalue weighted by atomic mass is 19.1. The molecule has 0 aliphatic heterocycles. The van der Waals surface area contributed by atoms with E-state index in [1.165, 1.54) is 24.4 Å². The molecule has 0 unspecified atom stereocenters. The van der Waals surface area contributed by atoms with Crippen molar-refractivity contribution in [3.05, 3.63) is 92.5 Å². The number of aromatic nitrogens is 3.